The maximum absolute atomic E-state index is 5.51. The molecule has 0 spiro atoms. The van der Waals surface area contributed by atoms with Gasteiger partial charge in [0.15, 0.2) is 0 Å². The fourth-order valence-electron chi connectivity index (χ4n) is 2.00. The van der Waals surface area contributed by atoms with Crippen LogP contribution in [0.3, 0.4) is 0 Å². The summed E-state index contributed by atoms with van der Waals surface area (Å²) in [6, 6.07) is 20.3. The van der Waals surface area contributed by atoms with E-state index >= 15 is 0 Å². The van der Waals surface area contributed by atoms with Crippen molar-refractivity contribution in [1.82, 2.24) is 0 Å². The van der Waals surface area contributed by atoms with Crippen molar-refractivity contribution >= 4 is 0 Å². The van der Waals surface area contributed by atoms with E-state index in [1.54, 1.807) is 7.11 Å². The summed E-state index contributed by atoms with van der Waals surface area (Å²) in [6.07, 6.45) is -0.0948. The summed E-state index contributed by atoms with van der Waals surface area (Å²) in [5.41, 5.74) is 2.27. The van der Waals surface area contributed by atoms with Crippen molar-refractivity contribution in [3.05, 3.63) is 71.8 Å². The third-order valence-electron chi connectivity index (χ3n) is 3.17. The van der Waals surface area contributed by atoms with Crippen LogP contribution in [0.2, 0.25) is 0 Å². The molecule has 0 saturated carbocycles. The molecular weight excluding hydrogens is 232 g/mol. The quantitative estimate of drug-likeness (QED) is 0.752. The van der Waals surface area contributed by atoms with Gasteiger partial charge >= 0.3 is 0 Å². The Morgan fingerprint density at radius 3 is 2.05 bits per heavy atom. The molecule has 1 nitrogen and oxygen atoms in total. The first-order valence-electron chi connectivity index (χ1n) is 6.45. The van der Waals surface area contributed by atoms with Crippen LogP contribution in [0.5, 0.6) is 0 Å². The molecule has 0 fully saturated rings. The summed E-state index contributed by atoms with van der Waals surface area (Å²) < 4.78 is 5.51. The van der Waals surface area contributed by atoms with E-state index < -0.39 is 0 Å². The average molecular weight is 250 g/mol. The fraction of sp³-hybridized carbons (Fsp3) is 0.222. The lowest BCUT2D eigenvalue weighted by Gasteiger charge is -2.17. The predicted octanol–water partition coefficient (Wildman–Crippen LogP) is 3.86. The zero-order chi connectivity index (χ0) is 13.5. The second-order valence-corrected chi connectivity index (χ2v) is 4.49. The van der Waals surface area contributed by atoms with Gasteiger partial charge in [0, 0.05) is 18.6 Å². The highest BCUT2D eigenvalue weighted by Gasteiger charge is 2.15. The van der Waals surface area contributed by atoms with Crippen molar-refractivity contribution in [1.29, 1.82) is 0 Å². The zero-order valence-corrected chi connectivity index (χ0v) is 11.3. The number of hydrogen-bond acceptors (Lipinski definition) is 1. The first-order valence-corrected chi connectivity index (χ1v) is 6.45. The Hall–Kier alpha value is -2.04. The minimum atomic E-state index is -0.0948. The average Bonchev–Trinajstić information content (AvgIpc) is 2.49. The third kappa shape index (κ3) is 3.71. The molecule has 0 aromatic heterocycles. The molecule has 2 aromatic carbocycles. The van der Waals surface area contributed by atoms with E-state index in [0.717, 1.165) is 5.56 Å². The van der Waals surface area contributed by atoms with E-state index in [1.807, 2.05) is 48.5 Å². The fourth-order valence-corrected chi connectivity index (χ4v) is 2.00. The molecule has 1 unspecified atom stereocenters. The molecule has 0 saturated heterocycles. The van der Waals surface area contributed by atoms with Crippen molar-refractivity contribution in [2.75, 3.05) is 7.11 Å². The molecule has 96 valence electrons. The van der Waals surface area contributed by atoms with Gasteiger partial charge in [-0.2, -0.15) is 0 Å². The van der Waals surface area contributed by atoms with Gasteiger partial charge in [0.05, 0.1) is 0 Å². The van der Waals surface area contributed by atoms with Crippen LogP contribution >= 0.6 is 0 Å². The maximum Gasteiger partial charge on any atom is 0.124 e. The molecule has 0 heterocycles. The Kier molecular flexibility index (Phi) is 4.78. The Labute approximate surface area is 115 Å². The van der Waals surface area contributed by atoms with Gasteiger partial charge in [0.2, 0.25) is 0 Å². The van der Waals surface area contributed by atoms with E-state index in [4.69, 9.17) is 4.74 Å². The van der Waals surface area contributed by atoms with E-state index in [2.05, 4.69) is 30.9 Å². The summed E-state index contributed by atoms with van der Waals surface area (Å²) in [4.78, 5) is 0. The van der Waals surface area contributed by atoms with Crippen LogP contribution in [0.15, 0.2) is 60.7 Å². The molecule has 1 heteroatoms. The van der Waals surface area contributed by atoms with Crippen LogP contribution in [0.4, 0.5) is 0 Å². The highest BCUT2D eigenvalue weighted by atomic mass is 16.5. The third-order valence-corrected chi connectivity index (χ3v) is 3.17. The minimum absolute atomic E-state index is 0.0948. The molecule has 0 bridgehead atoms. The first-order chi connectivity index (χ1) is 9.31. The van der Waals surface area contributed by atoms with Crippen LogP contribution < -0.4 is 0 Å². The van der Waals surface area contributed by atoms with Crippen molar-refractivity contribution in [2.45, 2.75) is 18.9 Å². The van der Waals surface area contributed by atoms with Crippen LogP contribution in [-0.4, -0.2) is 13.2 Å². The summed E-state index contributed by atoms with van der Waals surface area (Å²) in [7, 11) is 1.71. The monoisotopic (exact) mass is 250 g/mol. The Morgan fingerprint density at radius 1 is 0.895 bits per heavy atom. The van der Waals surface area contributed by atoms with Crippen molar-refractivity contribution in [3.63, 3.8) is 0 Å². The van der Waals surface area contributed by atoms with Gasteiger partial charge in [-0.1, -0.05) is 67.3 Å². The molecule has 0 amide bonds. The smallest absolute Gasteiger partial charge is 0.124 e. The second-order valence-electron chi connectivity index (χ2n) is 4.49. The van der Waals surface area contributed by atoms with Crippen molar-refractivity contribution in [3.8, 4) is 11.8 Å². The highest BCUT2D eigenvalue weighted by Crippen LogP contribution is 2.20. The Bertz CT molecular complexity index is 548. The van der Waals surface area contributed by atoms with Crippen LogP contribution in [0.1, 0.15) is 24.0 Å². The normalized spacial score (nSPS) is 13.2. The van der Waals surface area contributed by atoms with Gasteiger partial charge < -0.3 is 4.74 Å². The maximum atomic E-state index is 5.51. The lowest BCUT2D eigenvalue weighted by atomic mass is 9.95. The molecule has 2 rings (SSSR count). The van der Waals surface area contributed by atoms with Gasteiger partial charge in [-0.05, 0) is 17.7 Å². The molecule has 19 heavy (non-hydrogen) atoms. The summed E-state index contributed by atoms with van der Waals surface area (Å²) >= 11 is 0. The van der Waals surface area contributed by atoms with Gasteiger partial charge in [-0.25, -0.2) is 0 Å². The number of ether oxygens (including phenoxy) is 1. The van der Waals surface area contributed by atoms with E-state index in [9.17, 15) is 0 Å². The number of methoxy groups -OCH3 is 1. The zero-order valence-electron chi connectivity index (χ0n) is 11.3. The minimum Gasteiger partial charge on any atom is -0.368 e. The summed E-state index contributed by atoms with van der Waals surface area (Å²) in [6.45, 7) is 2.14. The lowest BCUT2D eigenvalue weighted by Crippen LogP contribution is -2.16. The molecule has 0 radical (unpaired) electrons. The number of hydrogen-bond donors (Lipinski definition) is 0. The lowest BCUT2D eigenvalue weighted by molar-refractivity contribution is 0.129. The SMILES string of the molecule is COC(C#Cc1ccccc1)[C@@H](C)c1ccccc1. The highest BCUT2D eigenvalue weighted by molar-refractivity contribution is 5.35. The first kappa shape index (κ1) is 13.4. The van der Waals surface area contributed by atoms with Gasteiger partial charge in [0.1, 0.15) is 6.10 Å². The largest absolute Gasteiger partial charge is 0.368 e. The molecule has 0 aliphatic heterocycles. The van der Waals surface area contributed by atoms with Crippen LogP contribution in [0, 0.1) is 11.8 Å². The van der Waals surface area contributed by atoms with Crippen LogP contribution in [-0.2, 0) is 4.74 Å². The van der Waals surface area contributed by atoms with Crippen molar-refractivity contribution < 1.29 is 4.74 Å². The van der Waals surface area contributed by atoms with E-state index in [-0.39, 0.29) is 12.0 Å². The van der Waals surface area contributed by atoms with Gasteiger partial charge in [-0.3, -0.25) is 0 Å². The molecule has 2 aromatic rings. The Balaban J connectivity index is 2.15. The summed E-state index contributed by atoms with van der Waals surface area (Å²) in [5, 5.41) is 0. The molecule has 0 aliphatic rings. The topological polar surface area (TPSA) is 9.23 Å². The van der Waals surface area contributed by atoms with Crippen LogP contribution in [0.25, 0.3) is 0 Å². The van der Waals surface area contributed by atoms with E-state index in [1.165, 1.54) is 5.56 Å². The number of rotatable bonds is 3. The molecular formula is C18H18O. The number of benzene rings is 2. The predicted molar refractivity (Wildman–Crippen MR) is 79.0 cm³/mol. The molecule has 0 aliphatic carbocycles. The van der Waals surface area contributed by atoms with Gasteiger partial charge in [-0.15, -0.1) is 0 Å². The van der Waals surface area contributed by atoms with E-state index in [0.29, 0.717) is 0 Å². The second kappa shape index (κ2) is 6.78. The Morgan fingerprint density at radius 2 is 1.47 bits per heavy atom. The summed E-state index contributed by atoms with van der Waals surface area (Å²) in [5.74, 6) is 6.64. The molecule has 0 N–H and O–H groups in total. The van der Waals surface area contributed by atoms with Crippen molar-refractivity contribution in [2.24, 2.45) is 0 Å². The van der Waals surface area contributed by atoms with Gasteiger partial charge in [0.25, 0.3) is 0 Å². The standard InChI is InChI=1S/C18H18O/c1-15(17-11-7-4-8-12-17)18(19-2)14-13-16-9-5-3-6-10-16/h3-12,15,18H,1-2H3/t15-,18?/m0/s1. The molecule has 2 atom stereocenters.